The average molecular weight is 374 g/mol. The topological polar surface area (TPSA) is 21.3 Å². The van der Waals surface area contributed by atoms with Gasteiger partial charge in [0.25, 0.3) is 0 Å². The highest BCUT2D eigenvalue weighted by molar-refractivity contribution is 5.47. The smallest absolute Gasteiger partial charge is 0.119 e. The molecule has 3 rings (SSSR count). The van der Waals surface area contributed by atoms with Gasteiger partial charge in [-0.3, -0.25) is 0 Å². The highest BCUT2D eigenvalue weighted by atomic mass is 16.5. The lowest BCUT2D eigenvalue weighted by Crippen LogP contribution is -2.11. The van der Waals surface area contributed by atoms with Crippen LogP contribution in [0.1, 0.15) is 43.9 Å². The first-order valence-electron chi connectivity index (χ1n) is 10.1. The Morgan fingerprint density at radius 3 is 2.07 bits per heavy atom. The standard InChI is InChI=1S/C26H31NO/c1-26(2,3)23-13-11-22(12-14-23)20-27-24-15-17-25(18-16-24)28-19-7-10-21-8-5-4-6-9-21/h4-6,8-9,11-18,27H,7,10,19-20H2,1-3H3. The summed E-state index contributed by atoms with van der Waals surface area (Å²) in [5, 5.41) is 3.48. The van der Waals surface area contributed by atoms with Gasteiger partial charge in [0.1, 0.15) is 5.75 Å². The van der Waals surface area contributed by atoms with E-state index in [9.17, 15) is 0 Å². The van der Waals surface area contributed by atoms with E-state index in [0.717, 1.165) is 37.4 Å². The van der Waals surface area contributed by atoms with Crippen LogP contribution in [0.15, 0.2) is 78.9 Å². The third kappa shape index (κ3) is 6.16. The molecule has 28 heavy (non-hydrogen) atoms. The Balaban J connectivity index is 1.41. The monoisotopic (exact) mass is 373 g/mol. The van der Waals surface area contributed by atoms with Crippen LogP contribution in [0.5, 0.6) is 5.75 Å². The van der Waals surface area contributed by atoms with Gasteiger partial charge in [-0.15, -0.1) is 0 Å². The van der Waals surface area contributed by atoms with E-state index in [1.165, 1.54) is 16.7 Å². The number of hydrogen-bond donors (Lipinski definition) is 1. The second-order valence-corrected chi connectivity index (χ2v) is 8.26. The molecule has 0 radical (unpaired) electrons. The third-order valence-corrected chi connectivity index (χ3v) is 4.89. The maximum atomic E-state index is 5.86. The van der Waals surface area contributed by atoms with Crippen molar-refractivity contribution in [2.45, 2.75) is 45.6 Å². The fourth-order valence-corrected chi connectivity index (χ4v) is 3.11. The first kappa shape index (κ1) is 20.0. The molecule has 0 fully saturated rings. The third-order valence-electron chi connectivity index (χ3n) is 4.89. The second-order valence-electron chi connectivity index (χ2n) is 8.26. The van der Waals surface area contributed by atoms with Gasteiger partial charge in [-0.25, -0.2) is 0 Å². The molecule has 0 aliphatic heterocycles. The van der Waals surface area contributed by atoms with E-state index in [1.807, 2.05) is 12.1 Å². The predicted octanol–water partition coefficient (Wildman–Crippen LogP) is 6.61. The van der Waals surface area contributed by atoms with Crippen LogP contribution in [-0.4, -0.2) is 6.61 Å². The van der Waals surface area contributed by atoms with Gasteiger partial charge in [-0.05, 0) is 59.2 Å². The van der Waals surface area contributed by atoms with Gasteiger partial charge in [-0.1, -0.05) is 75.4 Å². The summed E-state index contributed by atoms with van der Waals surface area (Å²) >= 11 is 0. The quantitative estimate of drug-likeness (QED) is 0.449. The molecule has 0 aliphatic carbocycles. The Labute approximate surface area is 169 Å². The molecule has 0 heterocycles. The van der Waals surface area contributed by atoms with Crippen molar-refractivity contribution in [3.05, 3.63) is 95.6 Å². The van der Waals surface area contributed by atoms with Crippen LogP contribution in [-0.2, 0) is 18.4 Å². The zero-order chi connectivity index (χ0) is 19.8. The number of rotatable bonds is 8. The Hall–Kier alpha value is -2.74. The van der Waals surface area contributed by atoms with Crippen molar-refractivity contribution in [1.29, 1.82) is 0 Å². The molecule has 3 aromatic rings. The Morgan fingerprint density at radius 1 is 0.750 bits per heavy atom. The van der Waals surface area contributed by atoms with Crippen LogP contribution in [0.4, 0.5) is 5.69 Å². The molecule has 0 bridgehead atoms. The van der Waals surface area contributed by atoms with Crippen LogP contribution < -0.4 is 10.1 Å². The van der Waals surface area contributed by atoms with E-state index in [4.69, 9.17) is 4.74 Å². The van der Waals surface area contributed by atoms with Crippen LogP contribution in [0, 0.1) is 0 Å². The molecule has 3 aromatic carbocycles. The van der Waals surface area contributed by atoms with Crippen LogP contribution in [0.25, 0.3) is 0 Å². The van der Waals surface area contributed by atoms with Crippen molar-refractivity contribution in [1.82, 2.24) is 0 Å². The van der Waals surface area contributed by atoms with E-state index in [1.54, 1.807) is 0 Å². The number of aryl methyl sites for hydroxylation is 1. The van der Waals surface area contributed by atoms with Crippen molar-refractivity contribution in [2.75, 3.05) is 11.9 Å². The van der Waals surface area contributed by atoms with Gasteiger partial charge in [0.2, 0.25) is 0 Å². The summed E-state index contributed by atoms with van der Waals surface area (Å²) in [7, 11) is 0. The summed E-state index contributed by atoms with van der Waals surface area (Å²) in [6, 6.07) is 27.6. The second kappa shape index (κ2) is 9.45. The van der Waals surface area contributed by atoms with Crippen molar-refractivity contribution >= 4 is 5.69 Å². The van der Waals surface area contributed by atoms with Gasteiger partial charge in [0.05, 0.1) is 6.61 Å². The summed E-state index contributed by atoms with van der Waals surface area (Å²) in [4.78, 5) is 0. The van der Waals surface area contributed by atoms with E-state index in [2.05, 4.69) is 92.8 Å². The molecule has 146 valence electrons. The highest BCUT2D eigenvalue weighted by Crippen LogP contribution is 2.22. The van der Waals surface area contributed by atoms with Gasteiger partial charge < -0.3 is 10.1 Å². The lowest BCUT2D eigenvalue weighted by molar-refractivity contribution is 0.311. The van der Waals surface area contributed by atoms with Crippen molar-refractivity contribution < 1.29 is 4.74 Å². The maximum Gasteiger partial charge on any atom is 0.119 e. The van der Waals surface area contributed by atoms with Crippen molar-refractivity contribution in [3.63, 3.8) is 0 Å². The van der Waals surface area contributed by atoms with E-state index in [0.29, 0.717) is 0 Å². The number of ether oxygens (including phenoxy) is 1. The zero-order valence-electron chi connectivity index (χ0n) is 17.2. The fourth-order valence-electron chi connectivity index (χ4n) is 3.11. The normalized spacial score (nSPS) is 11.2. The summed E-state index contributed by atoms with van der Waals surface area (Å²) in [5.41, 5.74) is 5.32. The van der Waals surface area contributed by atoms with E-state index >= 15 is 0 Å². The molecule has 0 saturated heterocycles. The molecule has 0 aromatic heterocycles. The zero-order valence-corrected chi connectivity index (χ0v) is 17.2. The van der Waals surface area contributed by atoms with E-state index in [-0.39, 0.29) is 5.41 Å². The molecular formula is C26H31NO. The summed E-state index contributed by atoms with van der Waals surface area (Å²) in [6.07, 6.45) is 2.07. The highest BCUT2D eigenvalue weighted by Gasteiger charge is 2.12. The number of nitrogens with one attached hydrogen (secondary N) is 1. The van der Waals surface area contributed by atoms with Gasteiger partial charge >= 0.3 is 0 Å². The summed E-state index contributed by atoms with van der Waals surface area (Å²) < 4.78 is 5.86. The molecule has 0 atom stereocenters. The molecule has 0 amide bonds. The van der Waals surface area contributed by atoms with Crippen molar-refractivity contribution in [3.8, 4) is 5.75 Å². The first-order chi connectivity index (χ1) is 13.5. The first-order valence-corrected chi connectivity index (χ1v) is 10.1. The Bertz CT molecular complexity index is 830. The number of benzene rings is 3. The Kier molecular flexibility index (Phi) is 6.76. The van der Waals surface area contributed by atoms with Crippen LogP contribution >= 0.6 is 0 Å². The minimum atomic E-state index is 0.197. The molecule has 2 nitrogen and oxygen atoms in total. The van der Waals surface area contributed by atoms with Gasteiger partial charge in [0.15, 0.2) is 0 Å². The summed E-state index contributed by atoms with van der Waals surface area (Å²) in [6.45, 7) is 8.28. The van der Waals surface area contributed by atoms with Crippen molar-refractivity contribution in [2.24, 2.45) is 0 Å². The molecule has 0 saturated carbocycles. The molecule has 1 N–H and O–H groups in total. The molecule has 0 aliphatic rings. The molecular weight excluding hydrogens is 342 g/mol. The molecule has 0 unspecified atom stereocenters. The summed E-state index contributed by atoms with van der Waals surface area (Å²) in [5.74, 6) is 0.924. The average Bonchev–Trinajstić information content (AvgIpc) is 2.71. The van der Waals surface area contributed by atoms with Crippen LogP contribution in [0.2, 0.25) is 0 Å². The fraction of sp³-hybridized carbons (Fsp3) is 0.308. The molecule has 2 heteroatoms. The maximum absolute atomic E-state index is 5.86. The lowest BCUT2D eigenvalue weighted by atomic mass is 9.87. The minimum Gasteiger partial charge on any atom is -0.494 e. The number of hydrogen-bond acceptors (Lipinski definition) is 2. The SMILES string of the molecule is CC(C)(C)c1ccc(CNc2ccc(OCCCc3ccccc3)cc2)cc1. The Morgan fingerprint density at radius 2 is 1.43 bits per heavy atom. The largest absolute Gasteiger partial charge is 0.494 e. The molecule has 0 spiro atoms. The van der Waals surface area contributed by atoms with E-state index < -0.39 is 0 Å². The predicted molar refractivity (Wildman–Crippen MR) is 119 cm³/mol. The lowest BCUT2D eigenvalue weighted by Gasteiger charge is -2.19. The minimum absolute atomic E-state index is 0.197. The number of anilines is 1. The van der Waals surface area contributed by atoms with Crippen LogP contribution in [0.3, 0.4) is 0 Å². The van der Waals surface area contributed by atoms with Gasteiger partial charge in [0, 0.05) is 12.2 Å². The van der Waals surface area contributed by atoms with Gasteiger partial charge in [-0.2, -0.15) is 0 Å².